The number of fused-ring (bicyclic) bond motifs is 2. The number of nitrogens with zero attached hydrogens (tertiary/aromatic N) is 3. The van der Waals surface area contributed by atoms with Crippen molar-refractivity contribution >= 4 is 28.5 Å². The van der Waals surface area contributed by atoms with Crippen LogP contribution in [0.2, 0.25) is 0 Å². The van der Waals surface area contributed by atoms with E-state index in [-0.39, 0.29) is 18.0 Å². The molecule has 0 fully saturated rings. The number of carbonyl (C=O) groups excluding carboxylic acids is 2. The van der Waals surface area contributed by atoms with Gasteiger partial charge in [0.25, 0.3) is 0 Å². The van der Waals surface area contributed by atoms with Gasteiger partial charge in [0.1, 0.15) is 5.60 Å². The first kappa shape index (κ1) is 23.9. The van der Waals surface area contributed by atoms with Crippen molar-refractivity contribution in [3.63, 3.8) is 0 Å². The van der Waals surface area contributed by atoms with Crippen molar-refractivity contribution in [2.45, 2.75) is 66.2 Å². The molecule has 2 aromatic rings. The van der Waals surface area contributed by atoms with Crippen LogP contribution >= 0.6 is 0 Å². The van der Waals surface area contributed by atoms with Crippen LogP contribution < -0.4 is 0 Å². The lowest BCUT2D eigenvalue weighted by molar-refractivity contribution is -0.134. The Hall–Kier alpha value is -3.20. The molecule has 2 heterocycles. The van der Waals surface area contributed by atoms with Crippen LogP contribution in [0.25, 0.3) is 16.5 Å². The standard InChI is InChI=1S/C28H35N3O3/c1-7-10-14-30-17-19-16-24-22(21-12-11-13-23(30)25(19)21)15-20(26(32)29(8-2)9-3)18-31(24)27(33)34-28(4,5)6/h11-13,15,17,20,24H,8-9,14,16,18H2,1-6H3/t20-,24-/m1/s1. The molecule has 0 saturated heterocycles. The van der Waals surface area contributed by atoms with E-state index in [9.17, 15) is 9.59 Å². The average molecular weight is 462 g/mol. The monoisotopic (exact) mass is 461 g/mol. The number of ether oxygens (including phenoxy) is 1. The first-order valence-corrected chi connectivity index (χ1v) is 12.2. The fourth-order valence-corrected chi connectivity index (χ4v) is 5.16. The van der Waals surface area contributed by atoms with E-state index in [0.717, 1.165) is 16.7 Å². The Kier molecular flexibility index (Phi) is 6.49. The molecule has 0 saturated carbocycles. The van der Waals surface area contributed by atoms with Gasteiger partial charge in [-0.2, -0.15) is 0 Å². The van der Waals surface area contributed by atoms with Gasteiger partial charge in [0.05, 0.1) is 18.5 Å². The minimum atomic E-state index is -0.612. The van der Waals surface area contributed by atoms with Gasteiger partial charge < -0.3 is 14.2 Å². The van der Waals surface area contributed by atoms with Crippen LogP contribution in [0, 0.1) is 17.8 Å². The molecular weight excluding hydrogens is 426 g/mol. The second-order valence-corrected chi connectivity index (χ2v) is 10.0. The summed E-state index contributed by atoms with van der Waals surface area (Å²) in [5.41, 5.74) is 3.86. The normalized spacial score (nSPS) is 19.1. The van der Waals surface area contributed by atoms with Crippen molar-refractivity contribution in [1.29, 1.82) is 0 Å². The smallest absolute Gasteiger partial charge is 0.410 e. The Bertz CT molecular complexity index is 1200. The summed E-state index contributed by atoms with van der Waals surface area (Å²) in [6, 6.07) is 6.11. The third-order valence-electron chi connectivity index (χ3n) is 6.66. The third kappa shape index (κ3) is 4.32. The fraction of sp³-hybridized carbons (Fsp3) is 0.500. The number of carbonyl (C=O) groups is 2. The van der Waals surface area contributed by atoms with Crippen molar-refractivity contribution in [2.75, 3.05) is 19.6 Å². The fourth-order valence-electron chi connectivity index (χ4n) is 5.16. The molecule has 1 aliphatic carbocycles. The molecule has 0 radical (unpaired) electrons. The molecule has 0 N–H and O–H groups in total. The Morgan fingerprint density at radius 2 is 1.94 bits per heavy atom. The highest BCUT2D eigenvalue weighted by Crippen LogP contribution is 2.42. The Morgan fingerprint density at radius 3 is 2.59 bits per heavy atom. The van der Waals surface area contributed by atoms with E-state index < -0.39 is 11.5 Å². The van der Waals surface area contributed by atoms with Gasteiger partial charge in [-0.25, -0.2) is 4.79 Å². The second-order valence-electron chi connectivity index (χ2n) is 10.0. The maximum Gasteiger partial charge on any atom is 0.410 e. The molecule has 2 aliphatic rings. The maximum absolute atomic E-state index is 13.4. The molecule has 0 bridgehead atoms. The molecular formula is C28H35N3O3. The molecule has 6 nitrogen and oxygen atoms in total. The number of aromatic nitrogens is 1. The summed E-state index contributed by atoms with van der Waals surface area (Å²) in [7, 11) is 0. The number of rotatable bonds is 4. The summed E-state index contributed by atoms with van der Waals surface area (Å²) in [4.78, 5) is 30.4. The van der Waals surface area contributed by atoms with E-state index in [1.807, 2.05) is 52.5 Å². The minimum Gasteiger partial charge on any atom is -0.444 e. The number of amides is 2. The van der Waals surface area contributed by atoms with E-state index in [0.29, 0.717) is 32.6 Å². The van der Waals surface area contributed by atoms with Crippen molar-refractivity contribution < 1.29 is 14.3 Å². The van der Waals surface area contributed by atoms with E-state index in [2.05, 4.69) is 40.8 Å². The van der Waals surface area contributed by atoms with Crippen LogP contribution in [0.5, 0.6) is 0 Å². The van der Waals surface area contributed by atoms with Gasteiger partial charge in [0.2, 0.25) is 5.91 Å². The topological polar surface area (TPSA) is 54.8 Å². The molecule has 0 unspecified atom stereocenters. The minimum absolute atomic E-state index is 0.0540. The lowest BCUT2D eigenvalue weighted by atomic mass is 9.79. The van der Waals surface area contributed by atoms with E-state index in [4.69, 9.17) is 4.74 Å². The van der Waals surface area contributed by atoms with Crippen LogP contribution in [-0.4, -0.2) is 57.6 Å². The summed E-state index contributed by atoms with van der Waals surface area (Å²) >= 11 is 0. The molecule has 6 heteroatoms. The van der Waals surface area contributed by atoms with E-state index in [1.165, 1.54) is 10.9 Å². The number of hydrogen-bond donors (Lipinski definition) is 0. The Morgan fingerprint density at radius 1 is 1.21 bits per heavy atom. The van der Waals surface area contributed by atoms with E-state index >= 15 is 0 Å². The van der Waals surface area contributed by atoms with Gasteiger partial charge in [-0.1, -0.05) is 24.1 Å². The molecule has 2 amide bonds. The highest BCUT2D eigenvalue weighted by Gasteiger charge is 2.41. The summed E-state index contributed by atoms with van der Waals surface area (Å²) in [6.45, 7) is 13.7. The molecule has 1 aliphatic heterocycles. The molecule has 0 spiro atoms. The SMILES string of the molecule is CC#CCn1cc2c3c(cccc31)C1=C[C@@H](C(=O)N(CC)CC)CN(C(=O)OC(C)(C)C)[C@@H]1C2. The van der Waals surface area contributed by atoms with Crippen LogP contribution in [-0.2, 0) is 22.5 Å². The van der Waals surface area contributed by atoms with Crippen molar-refractivity contribution in [3.05, 3.63) is 41.6 Å². The Balaban J connectivity index is 1.83. The van der Waals surface area contributed by atoms with Gasteiger partial charge in [-0.15, -0.1) is 5.92 Å². The van der Waals surface area contributed by atoms with Gasteiger partial charge in [-0.05, 0) is 70.7 Å². The zero-order valence-electron chi connectivity index (χ0n) is 21.1. The molecule has 2 atom stereocenters. The highest BCUT2D eigenvalue weighted by molar-refractivity contribution is 6.00. The van der Waals surface area contributed by atoms with E-state index in [1.54, 1.807) is 4.90 Å². The first-order valence-electron chi connectivity index (χ1n) is 12.2. The lowest BCUT2D eigenvalue weighted by Gasteiger charge is -2.42. The average Bonchev–Trinajstić information content (AvgIpc) is 3.15. The lowest BCUT2D eigenvalue weighted by Crippen LogP contribution is -2.52. The summed E-state index contributed by atoms with van der Waals surface area (Å²) in [6.07, 6.45) is 4.59. The molecule has 180 valence electrons. The third-order valence-corrected chi connectivity index (χ3v) is 6.66. The molecule has 1 aromatic heterocycles. The highest BCUT2D eigenvalue weighted by atomic mass is 16.6. The second kappa shape index (κ2) is 9.21. The van der Waals surface area contributed by atoms with Crippen LogP contribution in [0.4, 0.5) is 4.79 Å². The van der Waals surface area contributed by atoms with Crippen molar-refractivity contribution in [1.82, 2.24) is 14.4 Å². The van der Waals surface area contributed by atoms with Crippen LogP contribution in [0.3, 0.4) is 0 Å². The molecule has 34 heavy (non-hydrogen) atoms. The van der Waals surface area contributed by atoms with Gasteiger partial charge in [-0.3, -0.25) is 9.69 Å². The number of benzene rings is 1. The number of hydrogen-bond acceptors (Lipinski definition) is 3. The van der Waals surface area contributed by atoms with Crippen molar-refractivity contribution in [2.24, 2.45) is 5.92 Å². The molecule has 4 rings (SSSR count). The first-order chi connectivity index (χ1) is 16.2. The van der Waals surface area contributed by atoms with Crippen molar-refractivity contribution in [3.8, 4) is 11.8 Å². The largest absolute Gasteiger partial charge is 0.444 e. The summed E-state index contributed by atoms with van der Waals surface area (Å²) in [5.74, 6) is 5.79. The zero-order chi connectivity index (χ0) is 24.6. The Labute approximate surface area is 202 Å². The summed E-state index contributed by atoms with van der Waals surface area (Å²) in [5, 5.41) is 1.20. The summed E-state index contributed by atoms with van der Waals surface area (Å²) < 4.78 is 7.98. The van der Waals surface area contributed by atoms with Crippen LogP contribution in [0.1, 0.15) is 52.7 Å². The van der Waals surface area contributed by atoms with Crippen LogP contribution in [0.15, 0.2) is 30.5 Å². The predicted molar refractivity (Wildman–Crippen MR) is 135 cm³/mol. The van der Waals surface area contributed by atoms with Gasteiger partial charge >= 0.3 is 6.09 Å². The van der Waals surface area contributed by atoms with Gasteiger partial charge in [0.15, 0.2) is 0 Å². The molecule has 1 aromatic carbocycles. The zero-order valence-corrected chi connectivity index (χ0v) is 21.1. The maximum atomic E-state index is 13.4. The predicted octanol–water partition coefficient (Wildman–Crippen LogP) is 4.71. The quantitative estimate of drug-likeness (QED) is 0.620. The van der Waals surface area contributed by atoms with Gasteiger partial charge in [0, 0.05) is 36.7 Å².